The molecule has 1 unspecified atom stereocenters. The van der Waals surface area contributed by atoms with E-state index in [0.717, 1.165) is 5.56 Å². The highest BCUT2D eigenvalue weighted by Gasteiger charge is 2.42. The van der Waals surface area contributed by atoms with Crippen LogP contribution in [0.3, 0.4) is 0 Å². The van der Waals surface area contributed by atoms with Gasteiger partial charge in [0.25, 0.3) is 5.91 Å². The molecule has 3 rings (SSSR count). The van der Waals surface area contributed by atoms with Gasteiger partial charge >= 0.3 is 6.18 Å². The number of primary amides is 1. The monoisotopic (exact) mass is 353 g/mol. The first-order valence-corrected chi connectivity index (χ1v) is 8.86. The molecule has 0 saturated carbocycles. The summed E-state index contributed by atoms with van der Waals surface area (Å²) < 4.78 is 40.3. The van der Waals surface area contributed by atoms with E-state index in [1.54, 1.807) is 29.7 Å². The molecule has 1 aliphatic heterocycles. The minimum absolute atomic E-state index is 0.0748. The molecule has 4 N–H and O–H groups in total. The summed E-state index contributed by atoms with van der Waals surface area (Å²) in [7, 11) is -2.43. The number of aromatic nitrogens is 1. The molecule has 0 saturated heterocycles. The fraction of sp³-hybridized carbons (Fsp3) is 0.125. The molecule has 24 heavy (non-hydrogen) atoms. The molecular weight excluding hydrogens is 339 g/mol. The topological polar surface area (TPSA) is 82.0 Å². The second-order valence-corrected chi connectivity index (χ2v) is 8.08. The number of pyridine rings is 1. The number of carbonyl (C=O) groups is 1. The molecule has 0 bridgehead atoms. The Balaban J connectivity index is 2.19. The van der Waals surface area contributed by atoms with E-state index in [1.807, 2.05) is 6.07 Å². The number of nitrogens with zero attached hydrogens (tertiary/aromatic N) is 1. The van der Waals surface area contributed by atoms with Gasteiger partial charge in [0, 0.05) is 22.4 Å². The quantitative estimate of drug-likeness (QED) is 0.887. The van der Waals surface area contributed by atoms with Gasteiger partial charge in [-0.15, -0.1) is 10.2 Å². The Morgan fingerprint density at radius 2 is 1.88 bits per heavy atom. The Kier molecular flexibility index (Phi) is 3.89. The molecule has 126 valence electrons. The molecular formula is C16H14F3N3OS. The first-order valence-electron chi connectivity index (χ1n) is 6.93. The molecule has 2 aromatic rings. The molecule has 2 heterocycles. The van der Waals surface area contributed by atoms with Crippen molar-refractivity contribution in [3.63, 3.8) is 0 Å². The van der Waals surface area contributed by atoms with Crippen LogP contribution in [0, 0.1) is 0 Å². The van der Waals surface area contributed by atoms with Crippen molar-refractivity contribution in [3.8, 4) is 0 Å². The first-order chi connectivity index (χ1) is 11.2. The molecule has 0 radical (unpaired) electrons. The summed E-state index contributed by atoms with van der Waals surface area (Å²) >= 11 is 0. The normalized spacial score (nSPS) is 22.0. The number of hydrogen-bond acceptors (Lipinski definition) is 3. The summed E-state index contributed by atoms with van der Waals surface area (Å²) in [4.78, 5) is 15.0. The van der Waals surface area contributed by atoms with Crippen molar-refractivity contribution in [2.24, 2.45) is 10.9 Å². The number of carbonyl (C=O) groups excluding carboxylic acids is 1. The van der Waals surface area contributed by atoms with Gasteiger partial charge in [-0.05, 0) is 17.0 Å². The van der Waals surface area contributed by atoms with Crippen LogP contribution >= 0.6 is 10.2 Å². The Morgan fingerprint density at radius 3 is 2.46 bits per heavy atom. The molecule has 1 aromatic heterocycles. The van der Waals surface area contributed by atoms with E-state index < -0.39 is 27.9 Å². The Morgan fingerprint density at radius 1 is 1.21 bits per heavy atom. The molecule has 0 fully saturated rings. The predicted molar refractivity (Wildman–Crippen MR) is 87.0 cm³/mol. The number of hydrogen-bond donors (Lipinski definition) is 2. The zero-order chi connectivity index (χ0) is 17.5. The van der Waals surface area contributed by atoms with E-state index in [1.165, 1.54) is 6.08 Å². The number of rotatable bonds is 3. The standard InChI is InChI=1S/C16H14F3N3OS/c17-16(18,19)12-8-22-13(15(20)23)11-6-7-24(21,14(11)12)9-10-4-2-1-3-5-10/h1-8H,9,21H2,(H2,20,23). The molecule has 1 amide bonds. The summed E-state index contributed by atoms with van der Waals surface area (Å²) in [6, 6.07) is 9.01. The van der Waals surface area contributed by atoms with Gasteiger partial charge in [-0.2, -0.15) is 13.2 Å². The van der Waals surface area contributed by atoms with Crippen LogP contribution in [-0.2, 0) is 11.9 Å². The minimum Gasteiger partial charge on any atom is -0.364 e. The van der Waals surface area contributed by atoms with E-state index in [-0.39, 0.29) is 21.9 Å². The number of benzene rings is 1. The van der Waals surface area contributed by atoms with E-state index in [2.05, 4.69) is 4.98 Å². The fourth-order valence-electron chi connectivity index (χ4n) is 2.70. The maximum Gasteiger partial charge on any atom is 0.418 e. The second-order valence-electron chi connectivity index (χ2n) is 5.41. The van der Waals surface area contributed by atoms with Crippen molar-refractivity contribution in [1.29, 1.82) is 0 Å². The number of nitrogens with two attached hydrogens (primary N) is 2. The van der Waals surface area contributed by atoms with Gasteiger partial charge in [0.2, 0.25) is 0 Å². The summed E-state index contributed by atoms with van der Waals surface area (Å²) in [5, 5.41) is 7.94. The lowest BCUT2D eigenvalue weighted by atomic mass is 10.1. The van der Waals surface area contributed by atoms with Crippen molar-refractivity contribution in [2.75, 3.05) is 0 Å². The lowest BCUT2D eigenvalue weighted by molar-refractivity contribution is -0.140. The Hall–Kier alpha value is -2.32. The van der Waals surface area contributed by atoms with Crippen molar-refractivity contribution in [3.05, 3.63) is 64.3 Å². The van der Waals surface area contributed by atoms with Crippen LogP contribution in [0.25, 0.3) is 6.08 Å². The fourth-order valence-corrected chi connectivity index (χ4v) is 5.35. The van der Waals surface area contributed by atoms with Crippen LogP contribution in [0.5, 0.6) is 0 Å². The first kappa shape index (κ1) is 16.5. The lowest BCUT2D eigenvalue weighted by Crippen LogP contribution is -2.21. The molecule has 1 aliphatic rings. The van der Waals surface area contributed by atoms with Crippen molar-refractivity contribution < 1.29 is 18.0 Å². The van der Waals surface area contributed by atoms with Crippen LogP contribution in [0.15, 0.2) is 46.8 Å². The highest BCUT2D eigenvalue weighted by Crippen LogP contribution is 2.62. The molecule has 0 spiro atoms. The van der Waals surface area contributed by atoms with Crippen molar-refractivity contribution in [1.82, 2.24) is 4.98 Å². The van der Waals surface area contributed by atoms with Gasteiger partial charge < -0.3 is 5.73 Å². The number of fused-ring (bicyclic) bond motifs is 1. The van der Waals surface area contributed by atoms with E-state index in [4.69, 9.17) is 10.9 Å². The highest BCUT2D eigenvalue weighted by molar-refractivity contribution is 8.34. The average Bonchev–Trinajstić information content (AvgIpc) is 2.84. The zero-order valence-electron chi connectivity index (χ0n) is 12.4. The molecule has 0 aliphatic carbocycles. The predicted octanol–water partition coefficient (Wildman–Crippen LogP) is 3.42. The van der Waals surface area contributed by atoms with Crippen LogP contribution in [0.1, 0.15) is 27.2 Å². The number of halogens is 3. The lowest BCUT2D eigenvalue weighted by Gasteiger charge is -2.32. The van der Waals surface area contributed by atoms with E-state index in [0.29, 0.717) is 6.20 Å². The number of alkyl halides is 3. The van der Waals surface area contributed by atoms with Gasteiger partial charge in [0.15, 0.2) is 0 Å². The van der Waals surface area contributed by atoms with Crippen LogP contribution in [-0.4, -0.2) is 10.9 Å². The molecule has 1 atom stereocenters. The van der Waals surface area contributed by atoms with Gasteiger partial charge in [-0.3, -0.25) is 9.93 Å². The van der Waals surface area contributed by atoms with Gasteiger partial charge in [-0.25, -0.2) is 4.98 Å². The highest BCUT2D eigenvalue weighted by atomic mass is 32.3. The summed E-state index contributed by atoms with van der Waals surface area (Å²) in [5.74, 6) is -0.643. The SMILES string of the molecule is NC(=O)c1ncc(C(F)(F)F)c2c1C=CS2(N)Cc1ccccc1. The smallest absolute Gasteiger partial charge is 0.364 e. The molecule has 8 heteroatoms. The summed E-state index contributed by atoms with van der Waals surface area (Å²) in [5.41, 5.74) is 5.02. The van der Waals surface area contributed by atoms with Crippen LogP contribution in [0.2, 0.25) is 0 Å². The maximum atomic E-state index is 13.4. The Labute approximate surface area is 137 Å². The zero-order valence-corrected chi connectivity index (χ0v) is 13.2. The number of amides is 1. The largest absolute Gasteiger partial charge is 0.418 e. The molecule has 4 nitrogen and oxygen atoms in total. The van der Waals surface area contributed by atoms with Crippen LogP contribution < -0.4 is 10.9 Å². The van der Waals surface area contributed by atoms with Crippen molar-refractivity contribution in [2.45, 2.75) is 16.8 Å². The second kappa shape index (κ2) is 5.64. The Bertz CT molecular complexity index is 836. The van der Waals surface area contributed by atoms with E-state index in [9.17, 15) is 18.0 Å². The van der Waals surface area contributed by atoms with Gasteiger partial charge in [0.05, 0.1) is 5.56 Å². The van der Waals surface area contributed by atoms with Gasteiger partial charge in [-0.1, -0.05) is 30.3 Å². The van der Waals surface area contributed by atoms with Gasteiger partial charge in [0.1, 0.15) is 5.69 Å². The average molecular weight is 353 g/mol. The van der Waals surface area contributed by atoms with E-state index >= 15 is 0 Å². The van der Waals surface area contributed by atoms with Crippen molar-refractivity contribution >= 4 is 22.2 Å². The maximum absolute atomic E-state index is 13.4. The van der Waals surface area contributed by atoms with Crippen LogP contribution in [0.4, 0.5) is 13.2 Å². The minimum atomic E-state index is -4.62. The summed E-state index contributed by atoms with van der Waals surface area (Å²) in [6.45, 7) is 0. The third-order valence-electron chi connectivity index (χ3n) is 3.71. The third kappa shape index (κ3) is 2.78. The third-order valence-corrected chi connectivity index (χ3v) is 6.34. The summed E-state index contributed by atoms with van der Waals surface area (Å²) in [6.07, 6.45) is -2.55. The molecule has 1 aromatic carbocycles.